The molecule has 4 N–H and O–H groups in total. The second kappa shape index (κ2) is 7.52. The van der Waals surface area contributed by atoms with E-state index in [2.05, 4.69) is 10.5 Å². The van der Waals surface area contributed by atoms with E-state index >= 15 is 0 Å². The van der Waals surface area contributed by atoms with Crippen LogP contribution in [0.3, 0.4) is 0 Å². The maximum atomic E-state index is 12.1. The maximum absolute atomic E-state index is 12.1. The van der Waals surface area contributed by atoms with Crippen LogP contribution in [0, 0.1) is 0 Å². The van der Waals surface area contributed by atoms with Crippen molar-refractivity contribution in [1.82, 2.24) is 10.2 Å². The van der Waals surface area contributed by atoms with Crippen LogP contribution in [0.1, 0.15) is 36.8 Å². The van der Waals surface area contributed by atoms with Gasteiger partial charge in [-0.3, -0.25) is 0 Å². The number of benzene rings is 1. The van der Waals surface area contributed by atoms with E-state index in [1.165, 1.54) is 12.8 Å². The molecule has 1 aromatic rings. The van der Waals surface area contributed by atoms with Crippen LogP contribution in [-0.2, 0) is 6.54 Å². The number of hydrogen-bond donors (Lipinski definition) is 3. The van der Waals surface area contributed by atoms with E-state index in [0.29, 0.717) is 12.1 Å². The van der Waals surface area contributed by atoms with Crippen LogP contribution in [0.2, 0.25) is 0 Å². The number of amides is 2. The molecule has 0 atom stereocenters. The van der Waals surface area contributed by atoms with Crippen molar-refractivity contribution in [2.75, 3.05) is 13.1 Å². The average Bonchev–Trinajstić information content (AvgIpc) is 2.81. The zero-order valence-electron chi connectivity index (χ0n) is 12.1. The minimum atomic E-state index is -0.00240. The van der Waals surface area contributed by atoms with Gasteiger partial charge in [0, 0.05) is 25.2 Å². The van der Waals surface area contributed by atoms with Crippen LogP contribution in [-0.4, -0.2) is 35.1 Å². The Morgan fingerprint density at radius 3 is 2.38 bits per heavy atom. The molecule has 2 rings (SSSR count). The molecule has 0 aromatic heterocycles. The van der Waals surface area contributed by atoms with Gasteiger partial charge in [0.2, 0.25) is 0 Å². The lowest BCUT2D eigenvalue weighted by Crippen LogP contribution is -2.40. The summed E-state index contributed by atoms with van der Waals surface area (Å²) in [6.45, 7) is 2.16. The fourth-order valence-electron chi connectivity index (χ4n) is 2.41. The molecule has 1 heterocycles. The fourth-order valence-corrected chi connectivity index (χ4v) is 2.41. The van der Waals surface area contributed by atoms with Gasteiger partial charge < -0.3 is 21.2 Å². The predicted molar refractivity (Wildman–Crippen MR) is 81.2 cm³/mol. The zero-order valence-corrected chi connectivity index (χ0v) is 12.1. The van der Waals surface area contributed by atoms with Crippen molar-refractivity contribution in [3.63, 3.8) is 0 Å². The normalized spacial score (nSPS) is 16.4. The highest BCUT2D eigenvalue weighted by molar-refractivity contribution is 5.96. The van der Waals surface area contributed by atoms with Gasteiger partial charge in [0.25, 0.3) is 0 Å². The molecule has 6 nitrogen and oxygen atoms in total. The highest BCUT2D eigenvalue weighted by Gasteiger charge is 2.14. The van der Waals surface area contributed by atoms with Gasteiger partial charge in [-0.1, -0.05) is 42.3 Å². The van der Waals surface area contributed by atoms with E-state index < -0.39 is 0 Å². The fraction of sp³-hybridized carbons (Fsp3) is 0.467. The van der Waals surface area contributed by atoms with Crippen molar-refractivity contribution in [3.05, 3.63) is 35.4 Å². The summed E-state index contributed by atoms with van der Waals surface area (Å²) in [6.07, 6.45) is 4.59. The van der Waals surface area contributed by atoms with E-state index in [1.807, 2.05) is 17.0 Å². The molecule has 1 saturated heterocycles. The van der Waals surface area contributed by atoms with E-state index in [-0.39, 0.29) is 11.9 Å². The highest BCUT2D eigenvalue weighted by atomic mass is 16.4. The Balaban J connectivity index is 1.86. The van der Waals surface area contributed by atoms with Crippen molar-refractivity contribution in [2.24, 2.45) is 10.9 Å². The number of nitrogens with zero attached hydrogens (tertiary/aromatic N) is 2. The molecular formula is C15H22N4O2. The first-order valence-electron chi connectivity index (χ1n) is 7.30. The predicted octanol–water partition coefficient (Wildman–Crippen LogP) is 1.87. The van der Waals surface area contributed by atoms with Crippen molar-refractivity contribution in [3.8, 4) is 0 Å². The number of likely N-dealkylation sites (tertiary alicyclic amines) is 1. The van der Waals surface area contributed by atoms with E-state index in [9.17, 15) is 4.79 Å². The van der Waals surface area contributed by atoms with Gasteiger partial charge in [-0.05, 0) is 18.4 Å². The molecule has 1 fully saturated rings. The van der Waals surface area contributed by atoms with Gasteiger partial charge in [-0.2, -0.15) is 0 Å². The summed E-state index contributed by atoms with van der Waals surface area (Å²) in [5.74, 6) is 0.0788. The zero-order chi connectivity index (χ0) is 15.1. The monoisotopic (exact) mass is 290 g/mol. The minimum Gasteiger partial charge on any atom is -0.409 e. The molecule has 1 aromatic carbocycles. The van der Waals surface area contributed by atoms with Crippen molar-refractivity contribution < 1.29 is 10.0 Å². The SMILES string of the molecule is NC(=NO)c1ccc(CNC(=O)N2CCCCCC2)cc1. The molecular weight excluding hydrogens is 268 g/mol. The van der Waals surface area contributed by atoms with Crippen LogP contribution in [0.4, 0.5) is 4.79 Å². The Labute approximate surface area is 124 Å². The minimum absolute atomic E-state index is 0.00240. The highest BCUT2D eigenvalue weighted by Crippen LogP contribution is 2.10. The molecule has 1 aliphatic rings. The number of nitrogens with one attached hydrogen (secondary N) is 1. The van der Waals surface area contributed by atoms with Crippen molar-refractivity contribution in [1.29, 1.82) is 0 Å². The Morgan fingerprint density at radius 1 is 1.19 bits per heavy atom. The number of rotatable bonds is 3. The summed E-state index contributed by atoms with van der Waals surface area (Å²) in [5.41, 5.74) is 7.13. The Hall–Kier alpha value is -2.24. The summed E-state index contributed by atoms with van der Waals surface area (Å²) in [6, 6.07) is 7.24. The summed E-state index contributed by atoms with van der Waals surface area (Å²) in [7, 11) is 0. The Morgan fingerprint density at radius 2 is 1.81 bits per heavy atom. The molecule has 0 unspecified atom stereocenters. The summed E-state index contributed by atoms with van der Waals surface area (Å²) in [4.78, 5) is 14.0. The third-order valence-electron chi connectivity index (χ3n) is 3.69. The van der Waals surface area contributed by atoms with Crippen molar-refractivity contribution in [2.45, 2.75) is 32.2 Å². The molecule has 21 heavy (non-hydrogen) atoms. The van der Waals surface area contributed by atoms with Crippen LogP contribution >= 0.6 is 0 Å². The van der Waals surface area contributed by atoms with Crippen LogP contribution in [0.5, 0.6) is 0 Å². The summed E-state index contributed by atoms with van der Waals surface area (Å²) in [5, 5.41) is 14.5. The number of hydrogen-bond acceptors (Lipinski definition) is 3. The smallest absolute Gasteiger partial charge is 0.317 e. The van der Waals surface area contributed by atoms with Crippen LogP contribution < -0.4 is 11.1 Å². The molecule has 114 valence electrons. The third-order valence-corrected chi connectivity index (χ3v) is 3.69. The van der Waals surface area contributed by atoms with E-state index in [0.717, 1.165) is 31.5 Å². The molecule has 0 radical (unpaired) electrons. The lowest BCUT2D eigenvalue weighted by atomic mass is 10.1. The Bertz CT molecular complexity index is 491. The van der Waals surface area contributed by atoms with Gasteiger partial charge in [0.1, 0.15) is 0 Å². The van der Waals surface area contributed by atoms with Crippen LogP contribution in [0.25, 0.3) is 0 Å². The largest absolute Gasteiger partial charge is 0.409 e. The standard InChI is InChI=1S/C15H22N4O2/c16-14(18-21)13-7-5-12(6-8-13)11-17-15(20)19-9-3-1-2-4-10-19/h5-8,21H,1-4,9-11H2,(H2,16,18)(H,17,20). The van der Waals surface area contributed by atoms with Gasteiger partial charge in [0.05, 0.1) is 0 Å². The lowest BCUT2D eigenvalue weighted by molar-refractivity contribution is 0.199. The number of nitrogens with two attached hydrogens (primary N) is 1. The van der Waals surface area contributed by atoms with Gasteiger partial charge >= 0.3 is 6.03 Å². The number of carbonyl (C=O) groups excluding carboxylic acids is 1. The molecule has 6 heteroatoms. The maximum Gasteiger partial charge on any atom is 0.317 e. The molecule has 0 aliphatic carbocycles. The number of urea groups is 1. The lowest BCUT2D eigenvalue weighted by Gasteiger charge is -2.20. The second-order valence-electron chi connectivity index (χ2n) is 5.24. The van der Waals surface area contributed by atoms with E-state index in [4.69, 9.17) is 10.9 Å². The average molecular weight is 290 g/mol. The molecule has 0 saturated carbocycles. The first-order chi connectivity index (χ1) is 10.2. The number of carbonyl (C=O) groups is 1. The second-order valence-corrected chi connectivity index (χ2v) is 5.24. The quantitative estimate of drug-likeness (QED) is 0.343. The molecule has 0 bridgehead atoms. The van der Waals surface area contributed by atoms with Gasteiger partial charge in [0.15, 0.2) is 5.84 Å². The summed E-state index contributed by atoms with van der Waals surface area (Å²) < 4.78 is 0. The van der Waals surface area contributed by atoms with Gasteiger partial charge in [-0.25, -0.2) is 4.79 Å². The molecule has 1 aliphatic heterocycles. The Kier molecular flexibility index (Phi) is 5.43. The first-order valence-corrected chi connectivity index (χ1v) is 7.30. The first kappa shape index (κ1) is 15.2. The topological polar surface area (TPSA) is 91.0 Å². The van der Waals surface area contributed by atoms with Crippen LogP contribution in [0.15, 0.2) is 29.4 Å². The summed E-state index contributed by atoms with van der Waals surface area (Å²) >= 11 is 0. The molecule has 2 amide bonds. The number of amidine groups is 1. The molecule has 0 spiro atoms. The third kappa shape index (κ3) is 4.37. The van der Waals surface area contributed by atoms with E-state index in [1.54, 1.807) is 12.1 Å². The van der Waals surface area contributed by atoms with Crippen molar-refractivity contribution >= 4 is 11.9 Å². The number of oxime groups is 1. The van der Waals surface area contributed by atoms with Gasteiger partial charge in [-0.15, -0.1) is 0 Å².